The number of nitrogens with one attached hydrogen (secondary N) is 1. The number of carbonyl (C=O) groups excluding carboxylic acids is 1. The standard InChI is InChI=1S/C26H24N2O3/c1-2-31-20-14-12-18(13-15-20)24-16-22(21-10-6-7-11-23(21)28-24)26(30)27-17-25(29)19-8-4-3-5-9-19/h3-16,25,29H,2,17H2,1H3,(H,27,30). The number of hydrogen-bond donors (Lipinski definition) is 2. The van der Waals surface area contributed by atoms with Crippen LogP contribution < -0.4 is 10.1 Å². The van der Waals surface area contributed by atoms with Crippen LogP contribution in [-0.4, -0.2) is 29.1 Å². The Labute approximate surface area is 181 Å². The van der Waals surface area contributed by atoms with Gasteiger partial charge in [0.25, 0.3) is 5.91 Å². The highest BCUT2D eigenvalue weighted by molar-refractivity contribution is 6.07. The lowest BCUT2D eigenvalue weighted by Gasteiger charge is -2.14. The van der Waals surface area contributed by atoms with Crippen LogP contribution in [0.2, 0.25) is 0 Å². The molecule has 0 fully saturated rings. The molecule has 1 atom stereocenters. The van der Waals surface area contributed by atoms with Crippen LogP contribution in [0, 0.1) is 0 Å². The summed E-state index contributed by atoms with van der Waals surface area (Å²) in [7, 11) is 0. The van der Waals surface area contributed by atoms with Gasteiger partial charge in [0.2, 0.25) is 0 Å². The van der Waals surface area contributed by atoms with Crippen LogP contribution in [0.1, 0.15) is 28.9 Å². The van der Waals surface area contributed by atoms with Crippen molar-refractivity contribution in [1.82, 2.24) is 10.3 Å². The molecule has 0 aliphatic rings. The number of carbonyl (C=O) groups is 1. The van der Waals surface area contributed by atoms with E-state index in [4.69, 9.17) is 9.72 Å². The third kappa shape index (κ3) is 4.73. The highest BCUT2D eigenvalue weighted by atomic mass is 16.5. The van der Waals surface area contributed by atoms with Crippen molar-refractivity contribution in [2.75, 3.05) is 13.2 Å². The van der Waals surface area contributed by atoms with Crippen molar-refractivity contribution in [2.24, 2.45) is 0 Å². The van der Waals surface area contributed by atoms with E-state index in [2.05, 4.69) is 5.32 Å². The number of ether oxygens (including phenoxy) is 1. The van der Waals surface area contributed by atoms with Crippen molar-refractivity contribution < 1.29 is 14.6 Å². The topological polar surface area (TPSA) is 71.5 Å². The van der Waals surface area contributed by atoms with Crippen molar-refractivity contribution >= 4 is 16.8 Å². The molecule has 0 saturated heterocycles. The summed E-state index contributed by atoms with van der Waals surface area (Å²) < 4.78 is 5.51. The van der Waals surface area contributed by atoms with Gasteiger partial charge < -0.3 is 15.2 Å². The second-order valence-electron chi connectivity index (χ2n) is 7.17. The lowest BCUT2D eigenvalue weighted by atomic mass is 10.0. The number of aromatic nitrogens is 1. The lowest BCUT2D eigenvalue weighted by Crippen LogP contribution is -2.28. The number of rotatable bonds is 7. The van der Waals surface area contributed by atoms with Gasteiger partial charge in [-0.15, -0.1) is 0 Å². The fourth-order valence-electron chi connectivity index (χ4n) is 3.48. The number of aliphatic hydroxyl groups is 1. The Morgan fingerprint density at radius 2 is 1.71 bits per heavy atom. The molecule has 4 aromatic rings. The molecule has 2 N–H and O–H groups in total. The van der Waals surface area contributed by atoms with Crippen LogP contribution >= 0.6 is 0 Å². The Kier molecular flexibility index (Phi) is 6.24. The second-order valence-corrected chi connectivity index (χ2v) is 7.17. The Morgan fingerprint density at radius 1 is 1.00 bits per heavy atom. The number of hydrogen-bond acceptors (Lipinski definition) is 4. The molecule has 5 heteroatoms. The number of aliphatic hydroxyl groups excluding tert-OH is 1. The molecule has 0 spiro atoms. The van der Waals surface area contributed by atoms with E-state index < -0.39 is 6.10 Å². The Hall–Kier alpha value is -3.70. The molecule has 5 nitrogen and oxygen atoms in total. The third-order valence-corrected chi connectivity index (χ3v) is 5.06. The molecule has 1 aromatic heterocycles. The maximum absolute atomic E-state index is 13.0. The molecule has 156 valence electrons. The van der Waals surface area contributed by atoms with E-state index in [0.717, 1.165) is 27.8 Å². The van der Waals surface area contributed by atoms with Gasteiger partial charge in [0.1, 0.15) is 5.75 Å². The SMILES string of the molecule is CCOc1ccc(-c2cc(C(=O)NCC(O)c3ccccc3)c3ccccc3n2)cc1. The minimum atomic E-state index is -0.774. The van der Waals surface area contributed by atoms with E-state index in [1.165, 1.54) is 0 Å². The van der Waals surface area contributed by atoms with Gasteiger partial charge in [-0.3, -0.25) is 4.79 Å². The second kappa shape index (κ2) is 9.41. The van der Waals surface area contributed by atoms with Gasteiger partial charge in [-0.1, -0.05) is 48.5 Å². The Bertz CT molecular complexity index is 1170. The molecule has 0 bridgehead atoms. The molecule has 4 rings (SSSR count). The van der Waals surface area contributed by atoms with Gasteiger partial charge in [-0.05, 0) is 48.9 Å². The molecule has 3 aromatic carbocycles. The van der Waals surface area contributed by atoms with Crippen molar-refractivity contribution in [3.8, 4) is 17.0 Å². The van der Waals surface area contributed by atoms with E-state index in [1.54, 1.807) is 6.07 Å². The zero-order chi connectivity index (χ0) is 21.6. The minimum Gasteiger partial charge on any atom is -0.494 e. The lowest BCUT2D eigenvalue weighted by molar-refractivity contribution is 0.0918. The van der Waals surface area contributed by atoms with Crippen LogP contribution in [0.3, 0.4) is 0 Å². The molecule has 1 heterocycles. The van der Waals surface area contributed by atoms with Crippen LogP contribution in [0.25, 0.3) is 22.2 Å². The molecular weight excluding hydrogens is 388 g/mol. The van der Waals surface area contributed by atoms with Crippen LogP contribution in [0.5, 0.6) is 5.75 Å². The first-order valence-electron chi connectivity index (χ1n) is 10.3. The van der Waals surface area contributed by atoms with Gasteiger partial charge in [-0.25, -0.2) is 4.98 Å². The monoisotopic (exact) mass is 412 g/mol. The summed E-state index contributed by atoms with van der Waals surface area (Å²) in [5, 5.41) is 14.0. The quantitative estimate of drug-likeness (QED) is 0.459. The maximum Gasteiger partial charge on any atom is 0.252 e. The zero-order valence-corrected chi connectivity index (χ0v) is 17.3. The van der Waals surface area contributed by atoms with Crippen LogP contribution in [-0.2, 0) is 0 Å². The van der Waals surface area contributed by atoms with Crippen molar-refractivity contribution in [2.45, 2.75) is 13.0 Å². The fourth-order valence-corrected chi connectivity index (χ4v) is 3.48. The number of nitrogens with zero attached hydrogens (tertiary/aromatic N) is 1. The molecule has 0 aliphatic heterocycles. The van der Waals surface area contributed by atoms with Gasteiger partial charge in [0.15, 0.2) is 0 Å². The highest BCUT2D eigenvalue weighted by Gasteiger charge is 2.16. The molecule has 0 aliphatic carbocycles. The summed E-state index contributed by atoms with van der Waals surface area (Å²) >= 11 is 0. The predicted molar refractivity (Wildman–Crippen MR) is 122 cm³/mol. The molecule has 1 unspecified atom stereocenters. The number of para-hydroxylation sites is 1. The van der Waals surface area contributed by atoms with E-state index in [0.29, 0.717) is 17.9 Å². The summed E-state index contributed by atoms with van der Waals surface area (Å²) in [5.41, 5.74) is 3.62. The first-order valence-corrected chi connectivity index (χ1v) is 10.3. The highest BCUT2D eigenvalue weighted by Crippen LogP contribution is 2.26. The zero-order valence-electron chi connectivity index (χ0n) is 17.3. The van der Waals surface area contributed by atoms with Crippen molar-refractivity contribution in [3.63, 3.8) is 0 Å². The number of pyridine rings is 1. The molecule has 31 heavy (non-hydrogen) atoms. The smallest absolute Gasteiger partial charge is 0.252 e. The predicted octanol–water partition coefficient (Wildman–Crippen LogP) is 4.76. The Balaban J connectivity index is 1.62. The van der Waals surface area contributed by atoms with Crippen molar-refractivity contribution in [3.05, 3.63) is 96.1 Å². The van der Waals surface area contributed by atoms with E-state index >= 15 is 0 Å². The fraction of sp³-hybridized carbons (Fsp3) is 0.154. The first kappa shape index (κ1) is 20.6. The summed E-state index contributed by atoms with van der Waals surface area (Å²) in [6.45, 7) is 2.67. The maximum atomic E-state index is 13.0. The van der Waals surface area contributed by atoms with Gasteiger partial charge >= 0.3 is 0 Å². The average molecular weight is 412 g/mol. The summed E-state index contributed by atoms with van der Waals surface area (Å²) in [6, 6.07) is 26.3. The normalized spacial score (nSPS) is 11.8. The van der Waals surface area contributed by atoms with E-state index in [1.807, 2.05) is 85.8 Å². The largest absolute Gasteiger partial charge is 0.494 e. The molecule has 0 saturated carbocycles. The van der Waals surface area contributed by atoms with Crippen molar-refractivity contribution in [1.29, 1.82) is 0 Å². The average Bonchev–Trinajstić information content (AvgIpc) is 2.83. The Morgan fingerprint density at radius 3 is 2.45 bits per heavy atom. The van der Waals surface area contributed by atoms with Crippen LogP contribution in [0.4, 0.5) is 0 Å². The van der Waals surface area contributed by atoms with Gasteiger partial charge in [-0.2, -0.15) is 0 Å². The molecule has 1 amide bonds. The van der Waals surface area contributed by atoms with Gasteiger partial charge in [0.05, 0.1) is 29.5 Å². The number of fused-ring (bicyclic) bond motifs is 1. The molecule has 0 radical (unpaired) electrons. The minimum absolute atomic E-state index is 0.123. The van der Waals surface area contributed by atoms with Crippen LogP contribution in [0.15, 0.2) is 84.9 Å². The summed E-state index contributed by atoms with van der Waals surface area (Å²) in [6.07, 6.45) is -0.774. The van der Waals surface area contributed by atoms with E-state index in [-0.39, 0.29) is 12.5 Å². The van der Waals surface area contributed by atoms with Gasteiger partial charge in [0, 0.05) is 17.5 Å². The number of amides is 1. The molecular formula is C26H24N2O3. The summed E-state index contributed by atoms with van der Waals surface area (Å²) in [4.78, 5) is 17.8. The number of benzene rings is 3. The van der Waals surface area contributed by atoms with E-state index in [9.17, 15) is 9.90 Å². The summed E-state index contributed by atoms with van der Waals surface area (Å²) in [5.74, 6) is 0.542. The third-order valence-electron chi connectivity index (χ3n) is 5.06. The first-order chi connectivity index (χ1) is 15.2.